The molecule has 39 heavy (non-hydrogen) atoms. The lowest BCUT2D eigenvalue weighted by Crippen LogP contribution is -2.49. The van der Waals surface area contributed by atoms with Crippen LogP contribution in [0.3, 0.4) is 0 Å². The van der Waals surface area contributed by atoms with E-state index in [9.17, 15) is 27.6 Å². The van der Waals surface area contributed by atoms with E-state index in [0.29, 0.717) is 5.69 Å². The van der Waals surface area contributed by atoms with Gasteiger partial charge in [0.25, 0.3) is 0 Å². The summed E-state index contributed by atoms with van der Waals surface area (Å²) in [6, 6.07) is 7.05. The molecule has 0 bridgehead atoms. The lowest BCUT2D eigenvalue weighted by molar-refractivity contribution is -0.0408. The Morgan fingerprint density at radius 3 is 2.44 bits per heavy atom. The molecule has 0 spiro atoms. The molecule has 1 aliphatic rings. The van der Waals surface area contributed by atoms with Crippen molar-refractivity contribution in [1.29, 1.82) is 0 Å². The zero-order chi connectivity index (χ0) is 28.8. The van der Waals surface area contributed by atoms with Crippen molar-refractivity contribution < 1.29 is 41.2 Å². The molecule has 4 atom stereocenters. The van der Waals surface area contributed by atoms with Gasteiger partial charge in [-0.25, -0.2) is 17.8 Å². The third-order valence-electron chi connectivity index (χ3n) is 6.27. The maximum Gasteiger partial charge on any atom is 0.470 e. The number of carbonyl (C=O) groups is 1. The number of phosphoric ester groups is 1. The van der Waals surface area contributed by atoms with Gasteiger partial charge in [0.2, 0.25) is 10.0 Å². The molecule has 1 aromatic carbocycles. The van der Waals surface area contributed by atoms with E-state index in [-0.39, 0.29) is 35.5 Å². The summed E-state index contributed by atoms with van der Waals surface area (Å²) in [5, 5.41) is 0. The number of furan rings is 1. The Balaban J connectivity index is 2.22. The first-order chi connectivity index (χ1) is 18.3. The number of benzene rings is 1. The number of hydrogen-bond acceptors (Lipinski definition) is 8. The van der Waals surface area contributed by atoms with Gasteiger partial charge in [0.15, 0.2) is 0 Å². The molecule has 0 aliphatic heterocycles. The number of allylic oxidation sites excluding steroid dienone is 2. The molecule has 1 unspecified atom stereocenters. The summed E-state index contributed by atoms with van der Waals surface area (Å²) in [5.41, 5.74) is 11.5. The summed E-state index contributed by atoms with van der Waals surface area (Å²) < 4.78 is 57.7. The van der Waals surface area contributed by atoms with Crippen LogP contribution in [-0.4, -0.2) is 47.4 Å². The standard InChI is InChI=1S/C25H36N3O9PS/c1-17(2)16-28(39(33,34)20-12-10-19(26)11-13-20)23(21-9-6-14-35-21)24(37-38(30,31)32)22(36-25(27)29)15-18-7-4-3-5-8-18/h4,6-7,9-14,17-18,22-24H,3,5,8,15-16,26H2,1-2H3,(H2,27,29)(H2,30,31,32)/t18?,22-,23+,24-/m0/s1. The normalized spacial score (nSPS) is 18.7. The fourth-order valence-electron chi connectivity index (χ4n) is 4.69. The highest BCUT2D eigenvalue weighted by Crippen LogP contribution is 2.46. The molecule has 0 fully saturated rings. The van der Waals surface area contributed by atoms with Crippen LogP contribution in [0.25, 0.3) is 0 Å². The number of nitrogens with zero attached hydrogens (tertiary/aromatic N) is 1. The summed E-state index contributed by atoms with van der Waals surface area (Å²) in [6.45, 7) is 3.48. The monoisotopic (exact) mass is 585 g/mol. The highest BCUT2D eigenvalue weighted by Gasteiger charge is 2.47. The molecule has 6 N–H and O–H groups in total. The summed E-state index contributed by atoms with van der Waals surface area (Å²) in [7, 11) is -9.60. The predicted molar refractivity (Wildman–Crippen MR) is 144 cm³/mol. The summed E-state index contributed by atoms with van der Waals surface area (Å²) >= 11 is 0. The van der Waals surface area contributed by atoms with Crippen LogP contribution in [0.5, 0.6) is 0 Å². The van der Waals surface area contributed by atoms with Gasteiger partial charge < -0.3 is 30.4 Å². The lowest BCUT2D eigenvalue weighted by atomic mass is 9.87. The maximum atomic E-state index is 14.1. The number of rotatable bonds is 13. The number of nitrogens with two attached hydrogens (primary N) is 2. The second-order valence-corrected chi connectivity index (χ2v) is 13.0. The van der Waals surface area contributed by atoms with E-state index in [1.54, 1.807) is 13.8 Å². The first-order valence-corrected chi connectivity index (χ1v) is 15.5. The van der Waals surface area contributed by atoms with E-state index in [2.05, 4.69) is 0 Å². The van der Waals surface area contributed by atoms with E-state index in [1.165, 1.54) is 42.7 Å². The van der Waals surface area contributed by atoms with Gasteiger partial charge in [-0.3, -0.25) is 4.52 Å². The summed E-state index contributed by atoms with van der Waals surface area (Å²) in [5.74, 6) is -0.334. The van der Waals surface area contributed by atoms with Crippen LogP contribution in [0.1, 0.15) is 51.3 Å². The highest BCUT2D eigenvalue weighted by molar-refractivity contribution is 7.89. The van der Waals surface area contributed by atoms with E-state index in [4.69, 9.17) is 25.1 Å². The predicted octanol–water partition coefficient (Wildman–Crippen LogP) is 3.94. The molecular formula is C25H36N3O9PS. The number of nitrogen functional groups attached to an aromatic ring is 1. The van der Waals surface area contributed by atoms with Crippen LogP contribution >= 0.6 is 7.82 Å². The van der Waals surface area contributed by atoms with Gasteiger partial charge in [0.05, 0.1) is 11.2 Å². The van der Waals surface area contributed by atoms with Crippen LogP contribution in [0.4, 0.5) is 10.5 Å². The second-order valence-electron chi connectivity index (χ2n) is 9.89. The number of ether oxygens (including phenoxy) is 1. The Labute approximate surface area is 228 Å². The average Bonchev–Trinajstić information content (AvgIpc) is 3.37. The van der Waals surface area contributed by atoms with Crippen molar-refractivity contribution in [3.8, 4) is 0 Å². The molecule has 1 aliphatic carbocycles. The zero-order valence-electron chi connectivity index (χ0n) is 21.8. The first kappa shape index (κ1) is 30.9. The number of carbonyl (C=O) groups excluding carboxylic acids is 1. The van der Waals surface area contributed by atoms with Crippen molar-refractivity contribution in [1.82, 2.24) is 4.31 Å². The molecule has 12 nitrogen and oxygen atoms in total. The fraction of sp³-hybridized carbons (Fsp3) is 0.480. The molecule has 2 aromatic rings. The third-order valence-corrected chi connectivity index (χ3v) is 8.65. The molecule has 1 aromatic heterocycles. The minimum atomic E-state index is -5.26. The van der Waals surface area contributed by atoms with Gasteiger partial charge in [-0.05, 0) is 73.9 Å². The van der Waals surface area contributed by atoms with Gasteiger partial charge >= 0.3 is 13.9 Å². The van der Waals surface area contributed by atoms with Gasteiger partial charge in [0, 0.05) is 12.2 Å². The minimum Gasteiger partial charge on any atom is -0.468 e. The van der Waals surface area contributed by atoms with E-state index >= 15 is 0 Å². The summed E-state index contributed by atoms with van der Waals surface area (Å²) in [4.78, 5) is 31.7. The van der Waals surface area contributed by atoms with Crippen LogP contribution < -0.4 is 11.5 Å². The van der Waals surface area contributed by atoms with Crippen molar-refractivity contribution >= 4 is 29.6 Å². The number of phosphoric acid groups is 1. The zero-order valence-corrected chi connectivity index (χ0v) is 23.5. The molecule has 14 heteroatoms. The molecule has 3 rings (SSSR count). The Hall–Kier alpha value is -2.67. The van der Waals surface area contributed by atoms with E-state index in [1.807, 2.05) is 12.2 Å². The SMILES string of the molecule is CC(C)CN([C@H](c1ccco1)[C@@H](OP(=O)(O)O)[C@H](CC1C=CCCC1)OC(N)=O)S(=O)(=O)c1ccc(N)cc1. The Kier molecular flexibility index (Phi) is 10.4. The summed E-state index contributed by atoms with van der Waals surface area (Å²) in [6.07, 6.45) is 3.50. The number of hydrogen-bond donors (Lipinski definition) is 4. The highest BCUT2D eigenvalue weighted by atomic mass is 32.2. The fourth-order valence-corrected chi connectivity index (χ4v) is 7.02. The van der Waals surface area contributed by atoms with Crippen LogP contribution in [0.15, 0.2) is 64.1 Å². The largest absolute Gasteiger partial charge is 0.470 e. The molecular weight excluding hydrogens is 549 g/mol. The topological polar surface area (TPSA) is 196 Å². The first-order valence-electron chi connectivity index (χ1n) is 12.6. The Bertz CT molecular complexity index is 1260. The van der Waals surface area contributed by atoms with Gasteiger partial charge in [0.1, 0.15) is 24.0 Å². The average molecular weight is 586 g/mol. The lowest BCUT2D eigenvalue weighted by Gasteiger charge is -2.39. The van der Waals surface area contributed by atoms with E-state index in [0.717, 1.165) is 23.6 Å². The quantitative estimate of drug-likeness (QED) is 0.152. The van der Waals surface area contributed by atoms with Crippen LogP contribution in [-0.2, 0) is 23.8 Å². The molecule has 0 radical (unpaired) electrons. The van der Waals surface area contributed by atoms with Gasteiger partial charge in [-0.15, -0.1) is 0 Å². The smallest absolute Gasteiger partial charge is 0.468 e. The third kappa shape index (κ3) is 8.66. The van der Waals surface area contributed by atoms with Gasteiger partial charge in [-0.1, -0.05) is 26.0 Å². The molecule has 0 saturated heterocycles. The van der Waals surface area contributed by atoms with Crippen molar-refractivity contribution in [2.24, 2.45) is 17.6 Å². The van der Waals surface area contributed by atoms with Crippen LogP contribution in [0, 0.1) is 11.8 Å². The second kappa shape index (κ2) is 13.1. The van der Waals surface area contributed by atoms with Gasteiger partial charge in [-0.2, -0.15) is 4.31 Å². The van der Waals surface area contributed by atoms with E-state index < -0.39 is 42.2 Å². The van der Waals surface area contributed by atoms with Crippen molar-refractivity contribution in [2.45, 2.75) is 62.7 Å². The number of anilines is 1. The number of sulfonamides is 1. The number of primary amides is 1. The Morgan fingerprint density at radius 2 is 1.92 bits per heavy atom. The van der Waals surface area contributed by atoms with Crippen molar-refractivity contribution in [3.63, 3.8) is 0 Å². The van der Waals surface area contributed by atoms with Crippen LogP contribution in [0.2, 0.25) is 0 Å². The van der Waals surface area contributed by atoms with Crippen molar-refractivity contribution in [3.05, 3.63) is 60.6 Å². The van der Waals surface area contributed by atoms with Crippen molar-refractivity contribution in [2.75, 3.05) is 12.3 Å². The molecule has 1 heterocycles. The molecule has 216 valence electrons. The minimum absolute atomic E-state index is 0.0328. The number of amides is 1. The Morgan fingerprint density at radius 1 is 1.23 bits per heavy atom. The molecule has 1 amide bonds. The molecule has 0 saturated carbocycles. The maximum absolute atomic E-state index is 14.1.